The summed E-state index contributed by atoms with van der Waals surface area (Å²) >= 11 is 2.71. The first-order valence-electron chi connectivity index (χ1n) is 1.05. The first-order chi connectivity index (χ1) is 2.27. The Morgan fingerprint density at radius 1 is 1.83 bits per heavy atom. The lowest BCUT2D eigenvalue weighted by Crippen LogP contribution is -1.93. The van der Waals surface area contributed by atoms with Crippen molar-refractivity contribution in [2.24, 2.45) is 0 Å². The SMILES string of the molecule is N.O=C(O)BBr. The van der Waals surface area contributed by atoms with E-state index in [2.05, 4.69) is 15.8 Å². The average molecular weight is 154 g/mol. The minimum atomic E-state index is -0.829. The molecule has 6 heavy (non-hydrogen) atoms. The molecule has 0 aromatic rings. The van der Waals surface area contributed by atoms with E-state index in [9.17, 15) is 4.79 Å². The fourth-order valence-electron chi connectivity index (χ4n) is 0. The Bertz CT molecular complexity index is 48.8. The van der Waals surface area contributed by atoms with Gasteiger partial charge in [-0.05, 0) is 0 Å². The van der Waals surface area contributed by atoms with E-state index in [1.54, 1.807) is 0 Å². The van der Waals surface area contributed by atoms with Crippen molar-refractivity contribution < 1.29 is 9.90 Å². The van der Waals surface area contributed by atoms with Gasteiger partial charge in [-0.3, -0.25) is 4.79 Å². The van der Waals surface area contributed by atoms with Crippen LogP contribution in [0, 0.1) is 0 Å². The summed E-state index contributed by atoms with van der Waals surface area (Å²) in [4.78, 5) is 9.32. The quantitative estimate of drug-likeness (QED) is 0.542. The molecule has 0 atom stereocenters. The maximum absolute atomic E-state index is 9.32. The fraction of sp³-hybridized carbons (Fsp3) is 0. The summed E-state index contributed by atoms with van der Waals surface area (Å²) in [5.41, 5.74) is 0. The minimum Gasteiger partial charge on any atom is -0.489 e. The van der Waals surface area contributed by atoms with Gasteiger partial charge in [-0.15, -0.1) is 15.8 Å². The van der Waals surface area contributed by atoms with E-state index in [1.807, 2.05) is 0 Å². The lowest BCUT2D eigenvalue weighted by molar-refractivity contribution is 0.220. The van der Waals surface area contributed by atoms with Crippen molar-refractivity contribution in [3.8, 4) is 0 Å². The summed E-state index contributed by atoms with van der Waals surface area (Å²) in [5, 5.41) is 7.68. The first-order valence-corrected chi connectivity index (χ1v) is 2.17. The van der Waals surface area contributed by atoms with Crippen LogP contribution in [0.5, 0.6) is 0 Å². The Morgan fingerprint density at radius 2 is 2.00 bits per heavy atom. The summed E-state index contributed by atoms with van der Waals surface area (Å²) in [6, 6.07) is 0. The van der Waals surface area contributed by atoms with Gasteiger partial charge in [-0.1, -0.05) is 0 Å². The maximum Gasteiger partial charge on any atom is 0.337 e. The molecular weight excluding hydrogens is 149 g/mol. The zero-order valence-electron chi connectivity index (χ0n) is 3.15. The average Bonchev–Trinajstić information content (AvgIpc) is 1.38. The second-order valence-corrected chi connectivity index (χ2v) is 1.09. The van der Waals surface area contributed by atoms with E-state index in [1.165, 1.54) is 0 Å². The van der Waals surface area contributed by atoms with Crippen LogP contribution in [0.25, 0.3) is 0 Å². The Morgan fingerprint density at radius 3 is 2.00 bits per heavy atom. The van der Waals surface area contributed by atoms with Crippen LogP contribution in [0.2, 0.25) is 0 Å². The van der Waals surface area contributed by atoms with E-state index in [0.717, 1.165) is 0 Å². The van der Waals surface area contributed by atoms with Crippen LogP contribution < -0.4 is 6.15 Å². The standard InChI is InChI=1S/CH2BBrO2.H3N/c3-2-1(4)5;/h2H,(H,4,5);1H3. The molecule has 5 heteroatoms. The third kappa shape index (κ3) is 9.02. The molecule has 0 aliphatic rings. The first kappa shape index (κ1) is 9.36. The highest BCUT2D eigenvalue weighted by molar-refractivity contribution is 9.24. The van der Waals surface area contributed by atoms with Gasteiger partial charge in [0.1, 0.15) is 0 Å². The Labute approximate surface area is 44.5 Å². The lowest BCUT2D eigenvalue weighted by atomic mass is 10.2. The largest absolute Gasteiger partial charge is 0.489 e. The van der Waals surface area contributed by atoms with E-state index in [0.29, 0.717) is 0 Å². The molecule has 0 spiro atoms. The molecule has 0 saturated carbocycles. The molecule has 0 unspecified atom stereocenters. The van der Waals surface area contributed by atoms with Crippen molar-refractivity contribution >= 4 is 27.7 Å². The number of carboxylic acid groups (broad SMARTS) is 1. The molecule has 0 aromatic carbocycles. The molecule has 0 heterocycles. The van der Waals surface area contributed by atoms with Gasteiger partial charge < -0.3 is 11.3 Å². The second kappa shape index (κ2) is 4.97. The topological polar surface area (TPSA) is 72.3 Å². The van der Waals surface area contributed by atoms with Gasteiger partial charge in [0.05, 0.1) is 0 Å². The van der Waals surface area contributed by atoms with Crippen molar-refractivity contribution in [1.29, 1.82) is 0 Å². The lowest BCUT2D eigenvalue weighted by Gasteiger charge is -1.67. The number of rotatable bonds is 1. The molecule has 3 nitrogen and oxygen atoms in total. The van der Waals surface area contributed by atoms with Crippen LogP contribution in [0.1, 0.15) is 0 Å². The smallest absolute Gasteiger partial charge is 0.337 e. The normalized spacial score (nSPS) is 5.50. The van der Waals surface area contributed by atoms with Gasteiger partial charge in [-0.25, -0.2) is 0 Å². The molecule has 0 fully saturated rings. The van der Waals surface area contributed by atoms with Gasteiger partial charge in [-0.2, -0.15) is 0 Å². The molecule has 0 aliphatic carbocycles. The number of hydrogen-bond donors (Lipinski definition) is 2. The molecule has 0 aromatic heterocycles. The van der Waals surface area contributed by atoms with Crippen LogP contribution in [-0.4, -0.2) is 17.1 Å². The van der Waals surface area contributed by atoms with Crippen molar-refractivity contribution in [3.05, 3.63) is 0 Å². The molecule has 4 N–H and O–H groups in total. The van der Waals surface area contributed by atoms with Gasteiger partial charge in [0.25, 0.3) is 5.87 Å². The third-order valence-electron chi connectivity index (χ3n) is 0.114. The summed E-state index contributed by atoms with van der Waals surface area (Å²) in [7, 11) is 0. The molecule has 0 amide bonds. The summed E-state index contributed by atoms with van der Waals surface area (Å²) < 4.78 is 0. The van der Waals surface area contributed by atoms with Gasteiger partial charge in [0.15, 0.2) is 0 Å². The fourth-order valence-corrected chi connectivity index (χ4v) is 0. The molecule has 36 valence electrons. The van der Waals surface area contributed by atoms with Crippen molar-refractivity contribution in [2.45, 2.75) is 0 Å². The van der Waals surface area contributed by atoms with E-state index < -0.39 is 5.87 Å². The third-order valence-corrected chi connectivity index (χ3v) is 0.594. The van der Waals surface area contributed by atoms with Crippen LogP contribution >= 0.6 is 15.8 Å². The predicted octanol–water partition coefficient (Wildman–Crippen LogP) is 0.573. The number of hydrogen-bond acceptors (Lipinski definition) is 2. The van der Waals surface area contributed by atoms with Gasteiger partial charge in [0, 0.05) is 0 Å². The highest BCUT2D eigenvalue weighted by Crippen LogP contribution is 1.71. The number of halogens is 1. The highest BCUT2D eigenvalue weighted by atomic mass is 79.9. The maximum atomic E-state index is 9.32. The zero-order chi connectivity index (χ0) is 4.28. The second-order valence-electron chi connectivity index (χ2n) is 0.527. The van der Waals surface area contributed by atoms with Crippen molar-refractivity contribution in [3.63, 3.8) is 0 Å². The van der Waals surface area contributed by atoms with Gasteiger partial charge >= 0.3 is 6.10 Å². The zero-order valence-corrected chi connectivity index (χ0v) is 4.73. The van der Waals surface area contributed by atoms with Crippen LogP contribution in [0.4, 0.5) is 4.79 Å². The summed E-state index contributed by atoms with van der Waals surface area (Å²) in [6.07, 6.45) is 0.0347. The Balaban J connectivity index is 0. The van der Waals surface area contributed by atoms with E-state index in [-0.39, 0.29) is 12.3 Å². The summed E-state index contributed by atoms with van der Waals surface area (Å²) in [5.74, 6) is -0.829. The van der Waals surface area contributed by atoms with Crippen LogP contribution in [0.3, 0.4) is 0 Å². The molecule has 0 radical (unpaired) electrons. The van der Waals surface area contributed by atoms with Gasteiger partial charge in [0.2, 0.25) is 0 Å². The predicted molar refractivity (Wildman–Crippen MR) is 29.1 cm³/mol. The number of carbonyl (C=O) groups is 1. The molecule has 0 rings (SSSR count). The Kier molecular flexibility index (Phi) is 7.76. The summed E-state index contributed by atoms with van der Waals surface area (Å²) in [6.45, 7) is 0. The monoisotopic (exact) mass is 153 g/mol. The van der Waals surface area contributed by atoms with Crippen molar-refractivity contribution in [1.82, 2.24) is 6.15 Å². The van der Waals surface area contributed by atoms with Crippen LogP contribution in [0.15, 0.2) is 0 Å². The molecule has 0 saturated heterocycles. The Hall–Kier alpha value is -0.0251. The molecule has 0 aliphatic heterocycles. The van der Waals surface area contributed by atoms with Crippen LogP contribution in [-0.2, 0) is 0 Å². The molecule has 0 bridgehead atoms. The van der Waals surface area contributed by atoms with Crippen molar-refractivity contribution in [2.75, 3.05) is 0 Å². The minimum absolute atomic E-state index is 0. The molecular formula is CH5BBrNO2. The van der Waals surface area contributed by atoms with E-state index >= 15 is 0 Å². The highest BCUT2D eigenvalue weighted by Gasteiger charge is 1.88. The van der Waals surface area contributed by atoms with E-state index in [4.69, 9.17) is 5.11 Å².